The zero-order chi connectivity index (χ0) is 16.2. The molecule has 0 saturated heterocycles. The van der Waals surface area contributed by atoms with Crippen LogP contribution in [0.3, 0.4) is 0 Å². The van der Waals surface area contributed by atoms with Crippen LogP contribution >= 0.6 is 11.3 Å². The molecular formula is C18H16N2O2S. The van der Waals surface area contributed by atoms with Crippen molar-refractivity contribution in [2.45, 2.75) is 13.8 Å². The predicted molar refractivity (Wildman–Crippen MR) is 91.5 cm³/mol. The van der Waals surface area contributed by atoms with Gasteiger partial charge in [-0.05, 0) is 37.6 Å². The number of carbonyl (C=O) groups excluding carboxylic acids is 1. The van der Waals surface area contributed by atoms with Gasteiger partial charge in [-0.25, -0.2) is 9.78 Å². The fraction of sp³-hybridized carbons (Fsp3) is 0.167. The minimum atomic E-state index is -0.312. The van der Waals surface area contributed by atoms with E-state index in [0.29, 0.717) is 12.2 Å². The van der Waals surface area contributed by atoms with Crippen molar-refractivity contribution in [1.29, 1.82) is 0 Å². The summed E-state index contributed by atoms with van der Waals surface area (Å²) in [7, 11) is 0. The molecular weight excluding hydrogens is 308 g/mol. The zero-order valence-corrected chi connectivity index (χ0v) is 13.8. The highest BCUT2D eigenvalue weighted by atomic mass is 32.1. The van der Waals surface area contributed by atoms with E-state index >= 15 is 0 Å². The molecule has 0 radical (unpaired) electrons. The summed E-state index contributed by atoms with van der Waals surface area (Å²) >= 11 is 1.57. The molecule has 0 N–H and O–H groups in total. The first-order valence-electron chi connectivity index (χ1n) is 7.33. The monoisotopic (exact) mass is 324 g/mol. The molecule has 5 heteroatoms. The largest absolute Gasteiger partial charge is 0.462 e. The molecule has 0 saturated carbocycles. The van der Waals surface area contributed by atoms with Crippen LogP contribution in [-0.2, 0) is 4.74 Å². The van der Waals surface area contributed by atoms with Crippen molar-refractivity contribution >= 4 is 17.3 Å². The van der Waals surface area contributed by atoms with E-state index in [9.17, 15) is 4.79 Å². The van der Waals surface area contributed by atoms with E-state index in [4.69, 9.17) is 4.74 Å². The molecule has 4 nitrogen and oxygen atoms in total. The molecule has 0 unspecified atom stereocenters. The molecule has 3 rings (SSSR count). The van der Waals surface area contributed by atoms with Gasteiger partial charge in [0.25, 0.3) is 0 Å². The van der Waals surface area contributed by atoms with E-state index in [-0.39, 0.29) is 5.97 Å². The second-order valence-corrected chi connectivity index (χ2v) is 5.89. The van der Waals surface area contributed by atoms with Gasteiger partial charge < -0.3 is 4.74 Å². The Kier molecular flexibility index (Phi) is 4.48. The standard InChI is InChI=1S/C18H16N2O2S/c1-3-22-18(21)14-6-4-5-13(9-14)16-11-23-17(20-16)15-10-19-8-7-12(15)2/h4-11H,3H2,1-2H3. The number of hydrogen-bond donors (Lipinski definition) is 0. The molecule has 0 atom stereocenters. The minimum absolute atomic E-state index is 0.312. The topological polar surface area (TPSA) is 52.1 Å². The van der Waals surface area contributed by atoms with Gasteiger partial charge >= 0.3 is 5.97 Å². The minimum Gasteiger partial charge on any atom is -0.462 e. The summed E-state index contributed by atoms with van der Waals surface area (Å²) < 4.78 is 5.04. The molecule has 0 aliphatic rings. The average molecular weight is 324 g/mol. The first-order chi connectivity index (χ1) is 11.2. The van der Waals surface area contributed by atoms with E-state index in [1.807, 2.05) is 42.8 Å². The lowest BCUT2D eigenvalue weighted by molar-refractivity contribution is 0.0526. The summed E-state index contributed by atoms with van der Waals surface area (Å²) in [5.74, 6) is -0.312. The summed E-state index contributed by atoms with van der Waals surface area (Å²) in [6.07, 6.45) is 3.60. The summed E-state index contributed by atoms with van der Waals surface area (Å²) in [4.78, 5) is 20.7. The third kappa shape index (κ3) is 3.29. The summed E-state index contributed by atoms with van der Waals surface area (Å²) in [6.45, 7) is 4.20. The van der Waals surface area contributed by atoms with Gasteiger partial charge in [-0.3, -0.25) is 4.98 Å². The Labute approximate surface area is 138 Å². The molecule has 23 heavy (non-hydrogen) atoms. The molecule has 116 valence electrons. The molecule has 0 aliphatic carbocycles. The van der Waals surface area contributed by atoms with Crippen LogP contribution in [0.4, 0.5) is 0 Å². The lowest BCUT2D eigenvalue weighted by atomic mass is 10.1. The zero-order valence-electron chi connectivity index (χ0n) is 12.9. The number of thiazole rings is 1. The van der Waals surface area contributed by atoms with Crippen LogP contribution in [0, 0.1) is 6.92 Å². The van der Waals surface area contributed by atoms with Gasteiger partial charge in [0.2, 0.25) is 0 Å². The third-order valence-corrected chi connectivity index (χ3v) is 4.32. The maximum atomic E-state index is 11.9. The van der Waals surface area contributed by atoms with Gasteiger partial charge in [0.15, 0.2) is 0 Å². The Bertz CT molecular complexity index is 842. The maximum absolute atomic E-state index is 11.9. The first kappa shape index (κ1) is 15.4. The molecule has 0 bridgehead atoms. The number of pyridine rings is 1. The molecule has 0 fully saturated rings. The van der Waals surface area contributed by atoms with Crippen molar-refractivity contribution < 1.29 is 9.53 Å². The normalized spacial score (nSPS) is 10.5. The lowest BCUT2D eigenvalue weighted by Crippen LogP contribution is -2.04. The van der Waals surface area contributed by atoms with Gasteiger partial charge in [0.05, 0.1) is 17.9 Å². The molecule has 0 aliphatic heterocycles. The fourth-order valence-corrected chi connectivity index (χ4v) is 3.14. The van der Waals surface area contributed by atoms with Gasteiger partial charge in [-0.2, -0.15) is 0 Å². The Morgan fingerprint density at radius 2 is 2.17 bits per heavy atom. The van der Waals surface area contributed by atoms with Crippen molar-refractivity contribution in [3.05, 3.63) is 59.2 Å². The van der Waals surface area contributed by atoms with Crippen LogP contribution in [-0.4, -0.2) is 22.5 Å². The van der Waals surface area contributed by atoms with Crippen molar-refractivity contribution in [1.82, 2.24) is 9.97 Å². The second-order valence-electron chi connectivity index (χ2n) is 5.03. The Morgan fingerprint density at radius 3 is 2.96 bits per heavy atom. The van der Waals surface area contributed by atoms with Crippen LogP contribution < -0.4 is 0 Å². The number of nitrogens with zero attached hydrogens (tertiary/aromatic N) is 2. The predicted octanol–water partition coefficient (Wildman–Crippen LogP) is 4.36. The average Bonchev–Trinajstić information content (AvgIpc) is 3.05. The second kappa shape index (κ2) is 6.71. The van der Waals surface area contributed by atoms with Crippen LogP contribution in [0.5, 0.6) is 0 Å². The van der Waals surface area contributed by atoms with Crippen LogP contribution in [0.15, 0.2) is 48.1 Å². The first-order valence-corrected chi connectivity index (χ1v) is 8.21. The van der Waals surface area contributed by atoms with Crippen molar-refractivity contribution in [2.75, 3.05) is 6.61 Å². The molecule has 3 aromatic rings. The highest BCUT2D eigenvalue weighted by Gasteiger charge is 2.11. The van der Waals surface area contributed by atoms with Crippen molar-refractivity contribution in [3.8, 4) is 21.8 Å². The number of hydrogen-bond acceptors (Lipinski definition) is 5. The van der Waals surface area contributed by atoms with Gasteiger partial charge in [-0.15, -0.1) is 11.3 Å². The number of benzene rings is 1. The van der Waals surface area contributed by atoms with Crippen molar-refractivity contribution in [2.24, 2.45) is 0 Å². The quantitative estimate of drug-likeness (QED) is 0.669. The summed E-state index contributed by atoms with van der Waals surface area (Å²) in [5.41, 5.74) is 4.46. The number of aryl methyl sites for hydroxylation is 1. The van der Waals surface area contributed by atoms with E-state index in [0.717, 1.165) is 27.4 Å². The van der Waals surface area contributed by atoms with Crippen molar-refractivity contribution in [3.63, 3.8) is 0 Å². The number of ether oxygens (including phenoxy) is 1. The Balaban J connectivity index is 1.93. The molecule has 0 spiro atoms. The smallest absolute Gasteiger partial charge is 0.338 e. The third-order valence-electron chi connectivity index (χ3n) is 3.44. The van der Waals surface area contributed by atoms with E-state index in [1.54, 1.807) is 30.5 Å². The van der Waals surface area contributed by atoms with Gasteiger partial charge in [0, 0.05) is 28.9 Å². The molecule has 2 aromatic heterocycles. The summed E-state index contributed by atoms with van der Waals surface area (Å²) in [5, 5.41) is 2.92. The van der Waals surface area contributed by atoms with E-state index < -0.39 is 0 Å². The van der Waals surface area contributed by atoms with E-state index in [2.05, 4.69) is 9.97 Å². The van der Waals surface area contributed by atoms with Crippen LogP contribution in [0.25, 0.3) is 21.8 Å². The van der Waals surface area contributed by atoms with Crippen LogP contribution in [0.2, 0.25) is 0 Å². The number of aromatic nitrogens is 2. The van der Waals surface area contributed by atoms with Gasteiger partial charge in [-0.1, -0.05) is 12.1 Å². The highest BCUT2D eigenvalue weighted by molar-refractivity contribution is 7.13. The number of carbonyl (C=O) groups is 1. The molecule has 1 aromatic carbocycles. The van der Waals surface area contributed by atoms with E-state index in [1.165, 1.54) is 0 Å². The Hall–Kier alpha value is -2.53. The number of rotatable bonds is 4. The fourth-order valence-electron chi connectivity index (χ4n) is 2.24. The van der Waals surface area contributed by atoms with Crippen LogP contribution in [0.1, 0.15) is 22.8 Å². The Morgan fingerprint density at radius 1 is 1.30 bits per heavy atom. The molecule has 2 heterocycles. The lowest BCUT2D eigenvalue weighted by Gasteiger charge is -2.03. The SMILES string of the molecule is CCOC(=O)c1cccc(-c2csc(-c3cnccc3C)n2)c1. The van der Waals surface area contributed by atoms with Gasteiger partial charge in [0.1, 0.15) is 5.01 Å². The highest BCUT2D eigenvalue weighted by Crippen LogP contribution is 2.30. The number of esters is 1. The maximum Gasteiger partial charge on any atom is 0.338 e. The summed E-state index contributed by atoms with van der Waals surface area (Å²) in [6, 6.07) is 9.32. The molecule has 0 amide bonds.